The maximum Gasteiger partial charge on any atom is 0.258 e. The highest BCUT2D eigenvalue weighted by atomic mass is 16.5. The van der Waals surface area contributed by atoms with Crippen LogP contribution in [0.4, 0.5) is 11.4 Å². The van der Waals surface area contributed by atoms with Crippen molar-refractivity contribution in [1.82, 2.24) is 0 Å². The monoisotopic (exact) mass is 439 g/mol. The molecule has 0 aliphatic carbocycles. The number of rotatable bonds is 4. The highest BCUT2D eigenvalue weighted by Gasteiger charge is 2.38. The largest absolute Gasteiger partial charge is 0.497 e. The molecule has 2 atom stereocenters. The highest BCUT2D eigenvalue weighted by molar-refractivity contribution is 6.07. The van der Waals surface area contributed by atoms with Crippen LogP contribution in [0.25, 0.3) is 0 Å². The predicted octanol–water partition coefficient (Wildman–Crippen LogP) is 5.10. The van der Waals surface area contributed by atoms with Gasteiger partial charge in [-0.1, -0.05) is 24.3 Å². The number of anilines is 2. The van der Waals surface area contributed by atoms with E-state index < -0.39 is 0 Å². The molecular formula is C27H25N3O3. The average molecular weight is 440 g/mol. The van der Waals surface area contributed by atoms with E-state index in [1.807, 2.05) is 37.3 Å². The first-order valence-electron chi connectivity index (χ1n) is 10.8. The van der Waals surface area contributed by atoms with E-state index in [-0.39, 0.29) is 23.9 Å². The van der Waals surface area contributed by atoms with E-state index >= 15 is 0 Å². The summed E-state index contributed by atoms with van der Waals surface area (Å²) in [5.41, 5.74) is 3.41. The van der Waals surface area contributed by atoms with Gasteiger partial charge < -0.3 is 14.5 Å². The standard InChI is InChI=1S/C27H25N3O3/c1-18-15-26(30(19(2)31)22-8-6-7-20(16-22)17-28)24-9-4-5-10-25(24)29(18)27(32)21-11-13-23(33-3)14-12-21/h4-14,16,18,26H,15H2,1-3H3/t18-,26+/m0/s1. The fourth-order valence-electron chi connectivity index (χ4n) is 4.51. The first-order valence-corrected chi connectivity index (χ1v) is 10.8. The van der Waals surface area contributed by atoms with Gasteiger partial charge in [-0.3, -0.25) is 9.59 Å². The summed E-state index contributed by atoms with van der Waals surface area (Å²) >= 11 is 0. The number of nitriles is 1. The summed E-state index contributed by atoms with van der Waals surface area (Å²) in [6, 6.07) is 23.6. The van der Waals surface area contributed by atoms with Crippen LogP contribution < -0.4 is 14.5 Å². The lowest BCUT2D eigenvalue weighted by Gasteiger charge is -2.43. The van der Waals surface area contributed by atoms with E-state index in [4.69, 9.17) is 4.74 Å². The van der Waals surface area contributed by atoms with Gasteiger partial charge in [-0.15, -0.1) is 0 Å². The van der Waals surface area contributed by atoms with Crippen molar-refractivity contribution in [1.29, 1.82) is 5.26 Å². The van der Waals surface area contributed by atoms with Crippen LogP contribution >= 0.6 is 0 Å². The van der Waals surface area contributed by atoms with Crippen molar-refractivity contribution in [3.8, 4) is 11.8 Å². The minimum atomic E-state index is -0.262. The van der Waals surface area contributed by atoms with E-state index in [1.165, 1.54) is 6.92 Å². The third-order valence-corrected chi connectivity index (χ3v) is 6.02. The molecule has 0 bridgehead atoms. The summed E-state index contributed by atoms with van der Waals surface area (Å²) in [7, 11) is 1.59. The van der Waals surface area contributed by atoms with Crippen molar-refractivity contribution in [2.75, 3.05) is 16.9 Å². The van der Waals surface area contributed by atoms with Crippen LogP contribution in [-0.4, -0.2) is 25.0 Å². The molecular weight excluding hydrogens is 414 g/mol. The summed E-state index contributed by atoms with van der Waals surface area (Å²) < 4.78 is 5.21. The van der Waals surface area contributed by atoms with Crippen LogP contribution in [0.1, 0.15) is 47.8 Å². The SMILES string of the molecule is COc1ccc(C(=O)N2c3ccccc3[C@H](N(C(C)=O)c3cccc(C#N)c3)C[C@@H]2C)cc1. The van der Waals surface area contributed by atoms with Gasteiger partial charge in [0.1, 0.15) is 5.75 Å². The summed E-state index contributed by atoms with van der Waals surface area (Å²) in [4.78, 5) is 29.8. The van der Waals surface area contributed by atoms with Gasteiger partial charge in [0.15, 0.2) is 0 Å². The Morgan fingerprint density at radius 1 is 1.06 bits per heavy atom. The van der Waals surface area contributed by atoms with Gasteiger partial charge in [-0.2, -0.15) is 5.26 Å². The van der Waals surface area contributed by atoms with Crippen LogP contribution in [0.5, 0.6) is 5.75 Å². The number of ether oxygens (including phenoxy) is 1. The number of carbonyl (C=O) groups is 2. The summed E-state index contributed by atoms with van der Waals surface area (Å²) in [5.74, 6) is 0.472. The first kappa shape index (κ1) is 22.1. The van der Waals surface area contributed by atoms with Gasteiger partial charge in [-0.25, -0.2) is 0 Å². The number of amides is 2. The average Bonchev–Trinajstić information content (AvgIpc) is 2.84. The number of para-hydroxylation sites is 1. The second kappa shape index (κ2) is 9.17. The maximum absolute atomic E-state index is 13.5. The van der Waals surface area contributed by atoms with Crippen LogP contribution in [0, 0.1) is 11.3 Å². The van der Waals surface area contributed by atoms with E-state index in [2.05, 4.69) is 6.07 Å². The number of hydrogen-bond acceptors (Lipinski definition) is 4. The Labute approximate surface area is 193 Å². The molecule has 6 heteroatoms. The number of benzene rings is 3. The Morgan fingerprint density at radius 2 is 1.79 bits per heavy atom. The summed E-state index contributed by atoms with van der Waals surface area (Å²) in [6.07, 6.45) is 0.565. The van der Waals surface area contributed by atoms with E-state index in [9.17, 15) is 14.9 Å². The molecule has 1 aliphatic rings. The lowest BCUT2D eigenvalue weighted by Crippen LogP contribution is -2.47. The molecule has 33 heavy (non-hydrogen) atoms. The van der Waals surface area contributed by atoms with Gasteiger partial charge in [0, 0.05) is 29.9 Å². The molecule has 4 rings (SSSR count). The Hall–Kier alpha value is -4.11. The molecule has 6 nitrogen and oxygen atoms in total. The molecule has 0 saturated heterocycles. The molecule has 166 valence electrons. The first-order chi connectivity index (χ1) is 15.9. The Kier molecular flexibility index (Phi) is 6.14. The summed E-state index contributed by atoms with van der Waals surface area (Å²) in [5, 5.41) is 9.32. The van der Waals surface area contributed by atoms with Gasteiger partial charge in [-0.05, 0) is 67.4 Å². The van der Waals surface area contributed by atoms with Crippen LogP contribution in [0.15, 0.2) is 72.8 Å². The van der Waals surface area contributed by atoms with Gasteiger partial charge >= 0.3 is 0 Å². The lowest BCUT2D eigenvalue weighted by atomic mass is 9.89. The molecule has 0 spiro atoms. The van der Waals surface area contributed by atoms with E-state index in [0.29, 0.717) is 29.0 Å². The van der Waals surface area contributed by atoms with Crippen molar-refractivity contribution in [2.45, 2.75) is 32.4 Å². The fraction of sp³-hybridized carbons (Fsp3) is 0.222. The smallest absolute Gasteiger partial charge is 0.258 e. The molecule has 3 aromatic rings. The van der Waals surface area contributed by atoms with Gasteiger partial charge in [0.05, 0.1) is 24.8 Å². The van der Waals surface area contributed by atoms with Crippen LogP contribution in [0.3, 0.4) is 0 Å². The minimum absolute atomic E-state index is 0.100. The van der Waals surface area contributed by atoms with Crippen LogP contribution in [-0.2, 0) is 4.79 Å². The van der Waals surface area contributed by atoms with Crippen LogP contribution in [0.2, 0.25) is 0 Å². The Bertz CT molecular complexity index is 1230. The van der Waals surface area contributed by atoms with E-state index in [1.54, 1.807) is 59.4 Å². The van der Waals surface area contributed by atoms with E-state index in [0.717, 1.165) is 11.3 Å². The minimum Gasteiger partial charge on any atom is -0.497 e. The zero-order valence-electron chi connectivity index (χ0n) is 18.9. The molecule has 0 fully saturated rings. The highest BCUT2D eigenvalue weighted by Crippen LogP contribution is 2.42. The van der Waals surface area contributed by atoms with Crippen molar-refractivity contribution in [3.05, 3.63) is 89.5 Å². The van der Waals surface area contributed by atoms with Crippen molar-refractivity contribution >= 4 is 23.2 Å². The molecule has 0 N–H and O–H groups in total. The number of fused-ring (bicyclic) bond motifs is 1. The fourth-order valence-corrected chi connectivity index (χ4v) is 4.51. The van der Waals surface area contributed by atoms with Crippen molar-refractivity contribution in [2.24, 2.45) is 0 Å². The molecule has 0 saturated carbocycles. The molecule has 0 unspecified atom stereocenters. The lowest BCUT2D eigenvalue weighted by molar-refractivity contribution is -0.117. The molecule has 0 aromatic heterocycles. The number of hydrogen-bond donors (Lipinski definition) is 0. The zero-order valence-corrected chi connectivity index (χ0v) is 18.9. The number of nitrogens with zero attached hydrogens (tertiary/aromatic N) is 3. The quantitative estimate of drug-likeness (QED) is 0.567. The number of carbonyl (C=O) groups excluding carboxylic acids is 2. The topological polar surface area (TPSA) is 73.6 Å². The molecule has 2 amide bonds. The molecule has 1 aliphatic heterocycles. The Balaban J connectivity index is 1.76. The normalized spacial score (nSPS) is 17.0. The molecule has 0 radical (unpaired) electrons. The van der Waals surface area contributed by atoms with Gasteiger partial charge in [0.25, 0.3) is 5.91 Å². The third-order valence-electron chi connectivity index (χ3n) is 6.02. The number of methoxy groups -OCH3 is 1. The molecule has 1 heterocycles. The third kappa shape index (κ3) is 4.18. The second-order valence-electron chi connectivity index (χ2n) is 8.11. The summed E-state index contributed by atoms with van der Waals surface area (Å²) in [6.45, 7) is 3.52. The zero-order chi connectivity index (χ0) is 23.5. The van der Waals surface area contributed by atoms with Gasteiger partial charge in [0.2, 0.25) is 5.91 Å². The Morgan fingerprint density at radius 3 is 2.45 bits per heavy atom. The second-order valence-corrected chi connectivity index (χ2v) is 8.11. The molecule has 3 aromatic carbocycles. The maximum atomic E-state index is 13.5. The van der Waals surface area contributed by atoms with Crippen molar-refractivity contribution < 1.29 is 14.3 Å². The predicted molar refractivity (Wildman–Crippen MR) is 127 cm³/mol. The van der Waals surface area contributed by atoms with Crippen molar-refractivity contribution in [3.63, 3.8) is 0 Å².